The number of halogens is 1. The molecule has 1 heterocycles. The average molecular weight is 311 g/mol. The Morgan fingerprint density at radius 1 is 1.57 bits per heavy atom. The summed E-state index contributed by atoms with van der Waals surface area (Å²) < 4.78 is 5.12. The van der Waals surface area contributed by atoms with Gasteiger partial charge in [0.05, 0.1) is 12.1 Å². The van der Waals surface area contributed by atoms with E-state index in [-0.39, 0.29) is 0 Å². The number of nitrogens with one attached hydrogen (secondary N) is 1. The monoisotopic (exact) mass is 310 g/mol. The molecule has 21 heavy (non-hydrogen) atoms. The van der Waals surface area contributed by atoms with Crippen LogP contribution in [0.4, 0.5) is 5.69 Å². The van der Waals surface area contributed by atoms with E-state index in [0.717, 1.165) is 18.8 Å². The zero-order valence-corrected chi connectivity index (χ0v) is 13.4. The van der Waals surface area contributed by atoms with Crippen LogP contribution in [0.3, 0.4) is 0 Å². The van der Waals surface area contributed by atoms with Crippen molar-refractivity contribution in [3.8, 4) is 5.75 Å². The molecule has 0 amide bonds. The summed E-state index contributed by atoms with van der Waals surface area (Å²) >= 11 is 6.08. The maximum atomic E-state index is 6.08. The minimum absolute atomic E-state index is 0.421. The molecule has 0 radical (unpaired) electrons. The highest BCUT2D eigenvalue weighted by Gasteiger charge is 2.16. The molecule has 1 aromatic rings. The summed E-state index contributed by atoms with van der Waals surface area (Å²) in [5.74, 6) is 1.65. The number of hydrogen-bond donors (Lipinski definition) is 2. The number of aliphatic imine (C=N–C) groups is 1. The number of likely N-dealkylation sites (tertiary alicyclic amines) is 1. The van der Waals surface area contributed by atoms with Gasteiger partial charge in [0.25, 0.3) is 0 Å². The summed E-state index contributed by atoms with van der Waals surface area (Å²) in [4.78, 5) is 6.78. The number of rotatable bonds is 4. The minimum Gasteiger partial charge on any atom is -0.495 e. The van der Waals surface area contributed by atoms with E-state index in [1.54, 1.807) is 19.2 Å². The number of nitrogens with two attached hydrogens (primary N) is 1. The first kappa shape index (κ1) is 15.9. The van der Waals surface area contributed by atoms with Crippen molar-refractivity contribution in [2.24, 2.45) is 16.6 Å². The Bertz CT molecular complexity index is 506. The molecular formula is C15H23ClN4O. The van der Waals surface area contributed by atoms with Crippen LogP contribution in [0.15, 0.2) is 23.2 Å². The van der Waals surface area contributed by atoms with Gasteiger partial charge in [-0.25, -0.2) is 0 Å². The van der Waals surface area contributed by atoms with Gasteiger partial charge in [-0.3, -0.25) is 4.99 Å². The quantitative estimate of drug-likeness (QED) is 0.662. The van der Waals surface area contributed by atoms with Crippen molar-refractivity contribution in [1.82, 2.24) is 4.90 Å². The number of guanidine groups is 1. The molecule has 5 nitrogen and oxygen atoms in total. The zero-order chi connectivity index (χ0) is 15.2. The highest BCUT2D eigenvalue weighted by atomic mass is 35.5. The minimum atomic E-state index is 0.421. The second-order valence-electron chi connectivity index (χ2n) is 5.47. The van der Waals surface area contributed by atoms with E-state index in [0.29, 0.717) is 22.6 Å². The van der Waals surface area contributed by atoms with E-state index in [1.807, 2.05) is 6.07 Å². The maximum Gasteiger partial charge on any atom is 0.193 e. The number of hydrogen-bond acceptors (Lipinski definition) is 3. The SMILES string of the molecule is COc1ccc(NC(N)=NCC2CCCN(C)C2)cc1Cl. The number of nitrogens with zero attached hydrogens (tertiary/aromatic N) is 2. The molecule has 0 aromatic heterocycles. The predicted molar refractivity (Wildman–Crippen MR) is 88.3 cm³/mol. The van der Waals surface area contributed by atoms with Crippen molar-refractivity contribution in [2.75, 3.05) is 39.1 Å². The third-order valence-electron chi connectivity index (χ3n) is 3.67. The molecule has 1 atom stereocenters. The van der Waals surface area contributed by atoms with Crippen molar-refractivity contribution in [3.05, 3.63) is 23.2 Å². The molecule has 0 bridgehead atoms. The van der Waals surface area contributed by atoms with Gasteiger partial charge in [-0.1, -0.05) is 11.6 Å². The first-order valence-electron chi connectivity index (χ1n) is 7.17. The van der Waals surface area contributed by atoms with Crippen molar-refractivity contribution >= 4 is 23.2 Å². The Labute approximate surface area is 131 Å². The molecule has 0 aliphatic carbocycles. The summed E-state index contributed by atoms with van der Waals surface area (Å²) in [6.45, 7) is 3.02. The van der Waals surface area contributed by atoms with E-state index < -0.39 is 0 Å². The highest BCUT2D eigenvalue weighted by Crippen LogP contribution is 2.27. The van der Waals surface area contributed by atoms with Crippen LogP contribution in [0, 0.1) is 5.92 Å². The lowest BCUT2D eigenvalue weighted by Gasteiger charge is -2.28. The molecule has 1 aliphatic heterocycles. The van der Waals surface area contributed by atoms with E-state index in [9.17, 15) is 0 Å². The Morgan fingerprint density at radius 3 is 3.05 bits per heavy atom. The fourth-order valence-electron chi connectivity index (χ4n) is 2.58. The maximum absolute atomic E-state index is 6.08. The summed E-state index contributed by atoms with van der Waals surface area (Å²) in [7, 11) is 3.74. The first-order valence-corrected chi connectivity index (χ1v) is 7.55. The van der Waals surface area contributed by atoms with Gasteiger partial charge in [0.1, 0.15) is 5.75 Å². The average Bonchev–Trinajstić information content (AvgIpc) is 2.45. The lowest BCUT2D eigenvalue weighted by molar-refractivity contribution is 0.214. The van der Waals surface area contributed by atoms with Gasteiger partial charge in [-0.2, -0.15) is 0 Å². The van der Waals surface area contributed by atoms with Gasteiger partial charge < -0.3 is 20.7 Å². The van der Waals surface area contributed by atoms with Crippen molar-refractivity contribution in [3.63, 3.8) is 0 Å². The molecule has 0 saturated carbocycles. The largest absolute Gasteiger partial charge is 0.495 e. The number of benzene rings is 1. The zero-order valence-electron chi connectivity index (χ0n) is 12.6. The predicted octanol–water partition coefficient (Wildman–Crippen LogP) is 2.42. The topological polar surface area (TPSA) is 62.9 Å². The fraction of sp³-hybridized carbons (Fsp3) is 0.533. The molecule has 1 fully saturated rings. The Kier molecular flexibility index (Phi) is 5.70. The van der Waals surface area contributed by atoms with Crippen LogP contribution in [-0.2, 0) is 0 Å². The molecule has 1 aromatic carbocycles. The van der Waals surface area contributed by atoms with E-state index in [4.69, 9.17) is 22.1 Å². The molecule has 0 spiro atoms. The molecule has 3 N–H and O–H groups in total. The Hall–Kier alpha value is -1.46. The fourth-order valence-corrected chi connectivity index (χ4v) is 2.84. The van der Waals surface area contributed by atoms with Crippen LogP contribution in [0.25, 0.3) is 0 Å². The second kappa shape index (κ2) is 7.52. The van der Waals surface area contributed by atoms with Gasteiger partial charge in [-0.15, -0.1) is 0 Å². The van der Waals surface area contributed by atoms with Gasteiger partial charge >= 0.3 is 0 Å². The van der Waals surface area contributed by atoms with E-state index >= 15 is 0 Å². The molecule has 2 rings (SSSR count). The van der Waals surface area contributed by atoms with Crippen LogP contribution in [-0.4, -0.2) is 44.7 Å². The molecule has 1 unspecified atom stereocenters. The van der Waals surface area contributed by atoms with Crippen LogP contribution < -0.4 is 15.8 Å². The second-order valence-corrected chi connectivity index (χ2v) is 5.88. The first-order chi connectivity index (χ1) is 10.1. The van der Waals surface area contributed by atoms with Crippen molar-refractivity contribution in [2.45, 2.75) is 12.8 Å². The third-order valence-corrected chi connectivity index (χ3v) is 3.96. The highest BCUT2D eigenvalue weighted by molar-refractivity contribution is 6.32. The molecular weight excluding hydrogens is 288 g/mol. The van der Waals surface area contributed by atoms with Crippen LogP contribution >= 0.6 is 11.6 Å². The summed E-state index contributed by atoms with van der Waals surface area (Å²) in [6.07, 6.45) is 2.45. The smallest absolute Gasteiger partial charge is 0.193 e. The van der Waals surface area contributed by atoms with Gasteiger partial charge in [0.15, 0.2) is 5.96 Å². The summed E-state index contributed by atoms with van der Waals surface area (Å²) in [6, 6.07) is 5.44. The standard InChI is InChI=1S/C15H23ClN4O/c1-20-7-3-4-11(10-20)9-18-15(17)19-12-5-6-14(21-2)13(16)8-12/h5-6,8,11H,3-4,7,9-10H2,1-2H3,(H3,17,18,19). The lowest BCUT2D eigenvalue weighted by Crippen LogP contribution is -2.34. The van der Waals surface area contributed by atoms with E-state index in [1.165, 1.54) is 19.4 Å². The third kappa shape index (κ3) is 4.79. The molecule has 1 saturated heterocycles. The number of ether oxygens (including phenoxy) is 1. The molecule has 1 aliphatic rings. The van der Waals surface area contributed by atoms with Crippen molar-refractivity contribution in [1.29, 1.82) is 0 Å². The Balaban J connectivity index is 1.89. The summed E-state index contributed by atoms with van der Waals surface area (Å²) in [5, 5.41) is 3.60. The number of anilines is 1. The molecule has 6 heteroatoms. The van der Waals surface area contributed by atoms with Crippen LogP contribution in [0.2, 0.25) is 5.02 Å². The van der Waals surface area contributed by atoms with Gasteiger partial charge in [0.2, 0.25) is 0 Å². The van der Waals surface area contributed by atoms with Gasteiger partial charge in [-0.05, 0) is 50.6 Å². The molecule has 116 valence electrons. The van der Waals surface area contributed by atoms with Crippen LogP contribution in [0.5, 0.6) is 5.75 Å². The normalized spacial score (nSPS) is 20.3. The summed E-state index contributed by atoms with van der Waals surface area (Å²) in [5.41, 5.74) is 6.74. The van der Waals surface area contributed by atoms with Gasteiger partial charge in [0, 0.05) is 18.8 Å². The van der Waals surface area contributed by atoms with E-state index in [2.05, 4.69) is 22.3 Å². The Morgan fingerprint density at radius 2 is 2.38 bits per heavy atom. The van der Waals surface area contributed by atoms with Crippen molar-refractivity contribution < 1.29 is 4.74 Å². The number of piperidine rings is 1. The number of methoxy groups -OCH3 is 1. The lowest BCUT2D eigenvalue weighted by atomic mass is 9.99. The van der Waals surface area contributed by atoms with Crippen LogP contribution in [0.1, 0.15) is 12.8 Å².